The molecule has 0 atom stereocenters. The van der Waals surface area contributed by atoms with Crippen LogP contribution in [0.25, 0.3) is 6.08 Å². The number of amides is 5. The fourth-order valence-electron chi connectivity index (χ4n) is 3.66. The van der Waals surface area contributed by atoms with Gasteiger partial charge in [-0.3, -0.25) is 19.7 Å². The van der Waals surface area contributed by atoms with Gasteiger partial charge in [0.1, 0.15) is 5.57 Å². The average molecular weight is 657 g/mol. The van der Waals surface area contributed by atoms with Crippen LogP contribution < -0.4 is 25.0 Å². The predicted molar refractivity (Wildman–Crippen MR) is 154 cm³/mol. The lowest BCUT2D eigenvalue weighted by Gasteiger charge is -2.26. The SMILES string of the molecule is CCOc1cc(/C=C2\C(=O)NC(=O)N(c3ccc(Br)cc3)C2=O)c(Br)cc1OCC(=O)Nc1ccc(C)cc1. The third-order valence-corrected chi connectivity index (χ3v) is 6.76. The summed E-state index contributed by atoms with van der Waals surface area (Å²) in [6, 6.07) is 16.2. The largest absolute Gasteiger partial charge is 0.490 e. The smallest absolute Gasteiger partial charge is 0.335 e. The van der Waals surface area contributed by atoms with E-state index in [4.69, 9.17) is 9.47 Å². The Hall–Kier alpha value is -3.96. The molecule has 2 N–H and O–H groups in total. The van der Waals surface area contributed by atoms with Crippen molar-refractivity contribution in [3.8, 4) is 11.5 Å². The summed E-state index contributed by atoms with van der Waals surface area (Å²) in [5.41, 5.74) is 2.21. The quantitative estimate of drug-likeness (QED) is 0.241. The second kappa shape index (κ2) is 12.3. The zero-order valence-corrected chi connectivity index (χ0v) is 24.1. The lowest BCUT2D eigenvalue weighted by atomic mass is 10.1. The average Bonchev–Trinajstić information content (AvgIpc) is 2.89. The number of aryl methyl sites for hydroxylation is 1. The first-order valence-electron chi connectivity index (χ1n) is 11.8. The van der Waals surface area contributed by atoms with E-state index in [9.17, 15) is 19.2 Å². The molecule has 3 aromatic rings. The highest BCUT2D eigenvalue weighted by molar-refractivity contribution is 9.10. The Morgan fingerprint density at radius 1 is 0.974 bits per heavy atom. The van der Waals surface area contributed by atoms with Gasteiger partial charge in [-0.2, -0.15) is 0 Å². The van der Waals surface area contributed by atoms with E-state index in [1.807, 2.05) is 19.1 Å². The van der Waals surface area contributed by atoms with Crippen LogP contribution >= 0.6 is 31.9 Å². The van der Waals surface area contributed by atoms with Crippen LogP contribution in [0.4, 0.5) is 16.2 Å². The van der Waals surface area contributed by atoms with E-state index in [-0.39, 0.29) is 23.8 Å². The normalized spacial score (nSPS) is 14.3. The molecular weight excluding hydrogens is 634 g/mol. The molecule has 200 valence electrons. The Kier molecular flexibility index (Phi) is 8.82. The Labute approximate surface area is 241 Å². The minimum absolute atomic E-state index is 0.244. The van der Waals surface area contributed by atoms with Gasteiger partial charge in [-0.1, -0.05) is 49.6 Å². The van der Waals surface area contributed by atoms with Gasteiger partial charge in [0, 0.05) is 14.6 Å². The van der Waals surface area contributed by atoms with Crippen LogP contribution in [0, 0.1) is 6.92 Å². The van der Waals surface area contributed by atoms with Crippen LogP contribution in [-0.4, -0.2) is 37.0 Å². The maximum atomic E-state index is 13.2. The number of carbonyl (C=O) groups is 4. The monoisotopic (exact) mass is 655 g/mol. The molecule has 0 unspecified atom stereocenters. The van der Waals surface area contributed by atoms with Gasteiger partial charge in [0.2, 0.25) is 0 Å². The first-order valence-corrected chi connectivity index (χ1v) is 13.4. The molecule has 1 saturated heterocycles. The van der Waals surface area contributed by atoms with Crippen molar-refractivity contribution >= 4 is 73.1 Å². The molecule has 1 heterocycles. The van der Waals surface area contributed by atoms with Crippen LogP contribution in [0.5, 0.6) is 11.5 Å². The fraction of sp³-hybridized carbons (Fsp3) is 0.143. The van der Waals surface area contributed by atoms with Crippen molar-refractivity contribution in [2.45, 2.75) is 13.8 Å². The maximum Gasteiger partial charge on any atom is 0.335 e. The number of nitrogens with zero attached hydrogens (tertiary/aromatic N) is 1. The summed E-state index contributed by atoms with van der Waals surface area (Å²) in [6.45, 7) is 3.77. The summed E-state index contributed by atoms with van der Waals surface area (Å²) in [5, 5.41) is 4.96. The lowest BCUT2D eigenvalue weighted by Crippen LogP contribution is -2.54. The first kappa shape index (κ1) is 28.1. The summed E-state index contributed by atoms with van der Waals surface area (Å²) in [6.07, 6.45) is 1.36. The summed E-state index contributed by atoms with van der Waals surface area (Å²) in [4.78, 5) is 51.6. The van der Waals surface area contributed by atoms with Gasteiger partial charge in [0.05, 0.1) is 12.3 Å². The highest BCUT2D eigenvalue weighted by Crippen LogP contribution is 2.35. The summed E-state index contributed by atoms with van der Waals surface area (Å²) >= 11 is 6.75. The van der Waals surface area contributed by atoms with Gasteiger partial charge in [-0.25, -0.2) is 9.69 Å². The number of barbiturate groups is 1. The topological polar surface area (TPSA) is 114 Å². The molecule has 0 radical (unpaired) electrons. The van der Waals surface area contributed by atoms with Crippen molar-refractivity contribution in [2.24, 2.45) is 0 Å². The summed E-state index contributed by atoms with van der Waals surface area (Å²) in [5.74, 6) is -1.36. The Morgan fingerprint density at radius 2 is 1.64 bits per heavy atom. The van der Waals surface area contributed by atoms with Crippen LogP contribution in [0.2, 0.25) is 0 Å². The molecule has 5 amide bonds. The second-order valence-electron chi connectivity index (χ2n) is 8.39. The van der Waals surface area contributed by atoms with Gasteiger partial charge in [0.25, 0.3) is 17.7 Å². The van der Waals surface area contributed by atoms with Crippen LogP contribution in [-0.2, 0) is 14.4 Å². The minimum atomic E-state index is -0.841. The van der Waals surface area contributed by atoms with Crippen LogP contribution in [0.1, 0.15) is 18.1 Å². The van der Waals surface area contributed by atoms with Crippen LogP contribution in [0.15, 0.2) is 75.2 Å². The Balaban J connectivity index is 1.57. The van der Waals surface area contributed by atoms with E-state index < -0.39 is 17.8 Å². The number of imide groups is 2. The number of rotatable bonds is 8. The van der Waals surface area contributed by atoms with Crippen molar-refractivity contribution in [2.75, 3.05) is 23.4 Å². The van der Waals surface area contributed by atoms with E-state index >= 15 is 0 Å². The lowest BCUT2D eigenvalue weighted by molar-refractivity contribution is -0.122. The number of halogens is 2. The van der Waals surface area contributed by atoms with Crippen molar-refractivity contribution in [1.29, 1.82) is 0 Å². The highest BCUT2D eigenvalue weighted by Gasteiger charge is 2.37. The molecule has 1 aliphatic heterocycles. The third-order valence-electron chi connectivity index (χ3n) is 5.54. The standard InChI is InChI=1S/C28H23Br2N3O6/c1-3-38-23-13-17(22(30)14-24(23)39-15-25(34)31-19-8-4-16(2)5-9-19)12-21-26(35)32-28(37)33(27(21)36)20-10-6-18(29)7-11-20/h4-14H,3,15H2,1-2H3,(H,31,34)(H,32,35,37)/b21-12+. The van der Waals surface area contributed by atoms with Crippen molar-refractivity contribution in [1.82, 2.24) is 5.32 Å². The zero-order chi connectivity index (χ0) is 28.1. The fourth-order valence-corrected chi connectivity index (χ4v) is 4.36. The molecule has 0 aromatic heterocycles. The van der Waals surface area contributed by atoms with Gasteiger partial charge in [-0.05, 0) is 74.0 Å². The number of hydrogen-bond acceptors (Lipinski definition) is 6. The van der Waals surface area contributed by atoms with Crippen LogP contribution in [0.3, 0.4) is 0 Å². The number of ether oxygens (including phenoxy) is 2. The van der Waals surface area contributed by atoms with Gasteiger partial charge in [-0.15, -0.1) is 0 Å². The van der Waals surface area contributed by atoms with Crippen molar-refractivity contribution in [3.63, 3.8) is 0 Å². The molecule has 1 aliphatic rings. The van der Waals surface area contributed by atoms with Crippen molar-refractivity contribution in [3.05, 3.63) is 86.3 Å². The first-order chi connectivity index (χ1) is 18.7. The number of urea groups is 1. The highest BCUT2D eigenvalue weighted by atomic mass is 79.9. The summed E-state index contributed by atoms with van der Waals surface area (Å²) in [7, 11) is 0. The van der Waals surface area contributed by atoms with Crippen molar-refractivity contribution < 1.29 is 28.7 Å². The maximum absolute atomic E-state index is 13.2. The molecular formula is C28H23Br2N3O6. The minimum Gasteiger partial charge on any atom is -0.490 e. The summed E-state index contributed by atoms with van der Waals surface area (Å²) < 4.78 is 12.7. The molecule has 0 aliphatic carbocycles. The molecule has 0 bridgehead atoms. The second-order valence-corrected chi connectivity index (χ2v) is 10.2. The number of hydrogen-bond donors (Lipinski definition) is 2. The number of nitrogens with one attached hydrogen (secondary N) is 2. The van der Waals surface area contributed by atoms with E-state index in [1.165, 1.54) is 6.08 Å². The molecule has 4 rings (SSSR count). The number of benzene rings is 3. The van der Waals surface area contributed by atoms with Gasteiger partial charge in [0.15, 0.2) is 18.1 Å². The van der Waals surface area contributed by atoms with E-state index in [0.717, 1.165) is 14.9 Å². The molecule has 11 heteroatoms. The van der Waals surface area contributed by atoms with E-state index in [2.05, 4.69) is 42.5 Å². The van der Waals surface area contributed by atoms with E-state index in [0.29, 0.717) is 33.8 Å². The molecule has 39 heavy (non-hydrogen) atoms. The van der Waals surface area contributed by atoms with Gasteiger partial charge >= 0.3 is 6.03 Å². The van der Waals surface area contributed by atoms with Gasteiger partial charge < -0.3 is 14.8 Å². The molecule has 1 fully saturated rings. The Bertz CT molecular complexity index is 1470. The molecule has 0 saturated carbocycles. The third kappa shape index (κ3) is 6.73. The zero-order valence-electron chi connectivity index (χ0n) is 20.9. The number of carbonyl (C=O) groups excluding carboxylic acids is 4. The molecule has 9 nitrogen and oxygen atoms in total. The number of anilines is 2. The van der Waals surface area contributed by atoms with E-state index in [1.54, 1.807) is 55.5 Å². The predicted octanol–water partition coefficient (Wildman–Crippen LogP) is 5.60. The Morgan fingerprint density at radius 3 is 2.31 bits per heavy atom. The molecule has 3 aromatic carbocycles. The molecule has 0 spiro atoms.